The van der Waals surface area contributed by atoms with Crippen molar-refractivity contribution in [3.8, 4) is 0 Å². The summed E-state index contributed by atoms with van der Waals surface area (Å²) in [6.45, 7) is 2.67. The third-order valence-electron chi connectivity index (χ3n) is 3.76. The molecule has 0 bridgehead atoms. The summed E-state index contributed by atoms with van der Waals surface area (Å²) < 4.78 is 27.2. The minimum absolute atomic E-state index is 0.110. The summed E-state index contributed by atoms with van der Waals surface area (Å²) >= 11 is 1.13. The molecule has 0 unspecified atom stereocenters. The highest BCUT2D eigenvalue weighted by molar-refractivity contribution is 7.91. The van der Waals surface area contributed by atoms with Gasteiger partial charge in [0.25, 0.3) is 0 Å². The fraction of sp³-hybridized carbons (Fsp3) is 0.692. The van der Waals surface area contributed by atoms with E-state index in [2.05, 4.69) is 11.6 Å². The Bertz CT molecular complexity index is 502. The molecular formula is C13H21NO3S2. The normalized spacial score (nSPS) is 24.5. The Morgan fingerprint density at radius 3 is 2.58 bits per heavy atom. The van der Waals surface area contributed by atoms with Crippen LogP contribution in [0.2, 0.25) is 0 Å². The Kier molecular flexibility index (Phi) is 5.00. The van der Waals surface area contributed by atoms with Crippen molar-refractivity contribution in [2.24, 2.45) is 11.8 Å². The number of hydrogen-bond donors (Lipinski definition) is 2. The second kappa shape index (κ2) is 6.35. The Balaban J connectivity index is 1.90. The van der Waals surface area contributed by atoms with Crippen molar-refractivity contribution in [1.29, 1.82) is 0 Å². The predicted molar refractivity (Wildman–Crippen MR) is 76.6 cm³/mol. The van der Waals surface area contributed by atoms with Crippen molar-refractivity contribution >= 4 is 21.4 Å². The van der Waals surface area contributed by atoms with Crippen molar-refractivity contribution < 1.29 is 13.5 Å². The van der Waals surface area contributed by atoms with E-state index in [1.54, 1.807) is 12.1 Å². The standard InChI is InChI=1S/C13H21NO3S2/c1-10-2-4-11(5-3-10)8-14-19(16,17)13-7-6-12(9-15)18-13/h6-7,10-11,14-15H,2-5,8-9H2,1H3. The van der Waals surface area contributed by atoms with E-state index in [1.807, 2.05) is 0 Å². The topological polar surface area (TPSA) is 66.4 Å². The van der Waals surface area contributed by atoms with Gasteiger partial charge in [0.1, 0.15) is 4.21 Å². The molecule has 4 nitrogen and oxygen atoms in total. The molecule has 1 aliphatic carbocycles. The summed E-state index contributed by atoms with van der Waals surface area (Å²) in [5.74, 6) is 1.24. The second-order valence-electron chi connectivity index (χ2n) is 5.36. The van der Waals surface area contributed by atoms with Crippen molar-refractivity contribution in [3.05, 3.63) is 17.0 Å². The van der Waals surface area contributed by atoms with Crippen LogP contribution in [-0.4, -0.2) is 20.1 Å². The van der Waals surface area contributed by atoms with Crippen LogP contribution in [0.4, 0.5) is 0 Å². The SMILES string of the molecule is CC1CCC(CNS(=O)(=O)c2ccc(CO)s2)CC1. The maximum atomic E-state index is 12.1. The molecule has 1 aromatic rings. The Labute approximate surface area is 118 Å². The van der Waals surface area contributed by atoms with Gasteiger partial charge in [-0.1, -0.05) is 19.8 Å². The van der Waals surface area contributed by atoms with Gasteiger partial charge in [-0.15, -0.1) is 11.3 Å². The summed E-state index contributed by atoms with van der Waals surface area (Å²) in [6.07, 6.45) is 4.60. The zero-order valence-electron chi connectivity index (χ0n) is 11.1. The Hall–Kier alpha value is -0.430. The van der Waals surface area contributed by atoms with Crippen LogP contribution >= 0.6 is 11.3 Å². The highest BCUT2D eigenvalue weighted by Crippen LogP contribution is 2.28. The first-order valence-electron chi connectivity index (χ1n) is 6.70. The molecule has 0 aromatic carbocycles. The minimum atomic E-state index is -3.41. The maximum Gasteiger partial charge on any atom is 0.250 e. The number of aliphatic hydroxyl groups excluding tert-OH is 1. The molecule has 1 saturated carbocycles. The lowest BCUT2D eigenvalue weighted by molar-refractivity contribution is 0.285. The third kappa shape index (κ3) is 4.02. The van der Waals surface area contributed by atoms with Gasteiger partial charge in [-0.3, -0.25) is 0 Å². The van der Waals surface area contributed by atoms with Gasteiger partial charge in [-0.25, -0.2) is 13.1 Å². The van der Waals surface area contributed by atoms with Crippen LogP contribution in [-0.2, 0) is 16.6 Å². The number of aliphatic hydroxyl groups is 1. The lowest BCUT2D eigenvalue weighted by Crippen LogP contribution is -2.30. The van der Waals surface area contributed by atoms with Crippen molar-refractivity contribution in [2.75, 3.05) is 6.54 Å². The van der Waals surface area contributed by atoms with Crippen LogP contribution in [0.25, 0.3) is 0 Å². The summed E-state index contributed by atoms with van der Waals surface area (Å²) in [7, 11) is -3.41. The molecule has 0 aliphatic heterocycles. The quantitative estimate of drug-likeness (QED) is 0.877. The monoisotopic (exact) mass is 303 g/mol. The molecule has 108 valence electrons. The van der Waals surface area contributed by atoms with Gasteiger partial charge in [0.2, 0.25) is 10.0 Å². The summed E-state index contributed by atoms with van der Waals surface area (Å²) in [4.78, 5) is 0.673. The van der Waals surface area contributed by atoms with Crippen molar-refractivity contribution in [3.63, 3.8) is 0 Å². The van der Waals surface area contributed by atoms with Gasteiger partial charge in [0.15, 0.2) is 0 Å². The fourth-order valence-corrected chi connectivity index (χ4v) is 4.80. The molecule has 0 radical (unpaired) electrons. The molecule has 1 heterocycles. The predicted octanol–water partition coefficient (Wildman–Crippen LogP) is 2.35. The van der Waals surface area contributed by atoms with Crippen molar-refractivity contribution in [2.45, 2.75) is 43.4 Å². The largest absolute Gasteiger partial charge is 0.391 e. The van der Waals surface area contributed by atoms with E-state index in [0.29, 0.717) is 21.5 Å². The molecule has 19 heavy (non-hydrogen) atoms. The Morgan fingerprint density at radius 1 is 1.32 bits per heavy atom. The molecule has 1 aliphatic rings. The number of hydrogen-bond acceptors (Lipinski definition) is 4. The maximum absolute atomic E-state index is 12.1. The average Bonchev–Trinajstić information content (AvgIpc) is 2.88. The number of rotatable bonds is 5. The number of sulfonamides is 1. The van der Waals surface area contributed by atoms with E-state index < -0.39 is 10.0 Å². The zero-order chi connectivity index (χ0) is 13.9. The fourth-order valence-electron chi connectivity index (χ4n) is 2.42. The lowest BCUT2D eigenvalue weighted by atomic mass is 9.83. The van der Waals surface area contributed by atoms with Crippen LogP contribution < -0.4 is 4.72 Å². The third-order valence-corrected chi connectivity index (χ3v) is 6.74. The molecular weight excluding hydrogens is 282 g/mol. The van der Waals surface area contributed by atoms with Gasteiger partial charge in [-0.05, 0) is 36.8 Å². The zero-order valence-corrected chi connectivity index (χ0v) is 12.8. The molecule has 6 heteroatoms. The van der Waals surface area contributed by atoms with Gasteiger partial charge in [-0.2, -0.15) is 0 Å². The molecule has 0 atom stereocenters. The lowest BCUT2D eigenvalue weighted by Gasteiger charge is -2.26. The first-order valence-corrected chi connectivity index (χ1v) is 9.00. The minimum Gasteiger partial charge on any atom is -0.391 e. The van der Waals surface area contributed by atoms with Gasteiger partial charge in [0.05, 0.1) is 6.61 Å². The smallest absolute Gasteiger partial charge is 0.250 e. The number of thiophene rings is 1. The average molecular weight is 303 g/mol. The van der Waals surface area contributed by atoms with Crippen LogP contribution in [0.3, 0.4) is 0 Å². The summed E-state index contributed by atoms with van der Waals surface area (Å²) in [5, 5.41) is 8.97. The summed E-state index contributed by atoms with van der Waals surface area (Å²) in [5.41, 5.74) is 0. The van der Waals surface area contributed by atoms with Crippen LogP contribution in [0.15, 0.2) is 16.3 Å². The van der Waals surface area contributed by atoms with Gasteiger partial charge < -0.3 is 5.11 Å². The van der Waals surface area contributed by atoms with Crippen LogP contribution in [0.5, 0.6) is 0 Å². The summed E-state index contributed by atoms with van der Waals surface area (Å²) in [6, 6.07) is 3.21. The molecule has 2 N–H and O–H groups in total. The van der Waals surface area contributed by atoms with Crippen LogP contribution in [0, 0.1) is 11.8 Å². The van der Waals surface area contributed by atoms with E-state index in [0.717, 1.165) is 30.1 Å². The van der Waals surface area contributed by atoms with Crippen molar-refractivity contribution in [1.82, 2.24) is 4.72 Å². The van der Waals surface area contributed by atoms with E-state index in [1.165, 1.54) is 12.8 Å². The molecule has 0 saturated heterocycles. The van der Waals surface area contributed by atoms with E-state index >= 15 is 0 Å². The second-order valence-corrected chi connectivity index (χ2v) is 8.52. The highest BCUT2D eigenvalue weighted by atomic mass is 32.2. The van der Waals surface area contributed by atoms with E-state index in [4.69, 9.17) is 5.11 Å². The van der Waals surface area contributed by atoms with Gasteiger partial charge >= 0.3 is 0 Å². The Morgan fingerprint density at radius 2 is 2.00 bits per heavy atom. The van der Waals surface area contributed by atoms with E-state index in [9.17, 15) is 8.42 Å². The first-order chi connectivity index (χ1) is 9.01. The molecule has 0 amide bonds. The first kappa shape index (κ1) is 15.0. The van der Waals surface area contributed by atoms with E-state index in [-0.39, 0.29) is 6.61 Å². The molecule has 1 fully saturated rings. The number of nitrogens with one attached hydrogen (secondary N) is 1. The molecule has 2 rings (SSSR count). The molecule has 1 aromatic heterocycles. The van der Waals surface area contributed by atoms with Crippen LogP contribution in [0.1, 0.15) is 37.5 Å². The highest BCUT2D eigenvalue weighted by Gasteiger charge is 2.22. The molecule has 0 spiro atoms. The van der Waals surface area contributed by atoms with Gasteiger partial charge in [0, 0.05) is 11.4 Å².